The minimum absolute atomic E-state index is 0.148. The second-order valence-corrected chi connectivity index (χ2v) is 5.74. The summed E-state index contributed by atoms with van der Waals surface area (Å²) in [5, 5.41) is 0.871. The molecule has 2 N–H and O–H groups in total. The molecule has 0 amide bonds. The highest BCUT2D eigenvalue weighted by Gasteiger charge is 2.41. The average molecular weight is 236 g/mol. The Morgan fingerprint density at radius 1 is 1.19 bits per heavy atom. The molecule has 16 heavy (non-hydrogen) atoms. The monoisotopic (exact) mass is 235 g/mol. The van der Waals surface area contributed by atoms with Crippen LogP contribution in [0, 0.1) is 0 Å². The van der Waals surface area contributed by atoms with Gasteiger partial charge in [0.05, 0.1) is 0 Å². The van der Waals surface area contributed by atoms with E-state index in [4.69, 9.17) is 17.3 Å². The molecule has 0 heterocycles. The molecule has 1 nitrogen and oxygen atoms in total. The van der Waals surface area contributed by atoms with E-state index in [2.05, 4.69) is 12.1 Å². The number of hydrogen-bond donors (Lipinski definition) is 1. The summed E-state index contributed by atoms with van der Waals surface area (Å²) in [6.45, 7) is 0. The minimum Gasteiger partial charge on any atom is -0.324 e. The third-order valence-corrected chi connectivity index (χ3v) is 4.82. The van der Waals surface area contributed by atoms with Gasteiger partial charge in [-0.3, -0.25) is 0 Å². The summed E-state index contributed by atoms with van der Waals surface area (Å²) in [5.74, 6) is 0. The van der Waals surface area contributed by atoms with Gasteiger partial charge in [0, 0.05) is 11.1 Å². The van der Waals surface area contributed by atoms with E-state index in [9.17, 15) is 0 Å². The number of halogens is 1. The fourth-order valence-corrected chi connectivity index (χ4v) is 3.97. The first-order valence-electron chi connectivity index (χ1n) is 6.27. The smallest absolute Gasteiger partial charge is 0.0456 e. The first-order chi connectivity index (χ1) is 7.73. The largest absolute Gasteiger partial charge is 0.324 e. The Morgan fingerprint density at radius 2 is 1.94 bits per heavy atom. The van der Waals surface area contributed by atoms with Crippen molar-refractivity contribution < 1.29 is 0 Å². The fourth-order valence-electron chi connectivity index (χ4n) is 3.66. The quantitative estimate of drug-likeness (QED) is 0.724. The van der Waals surface area contributed by atoms with Crippen LogP contribution in [0.25, 0.3) is 0 Å². The third-order valence-electron chi connectivity index (χ3n) is 4.49. The van der Waals surface area contributed by atoms with E-state index in [-0.39, 0.29) is 6.04 Å². The molecule has 1 unspecified atom stereocenters. The van der Waals surface area contributed by atoms with Gasteiger partial charge >= 0.3 is 0 Å². The van der Waals surface area contributed by atoms with Crippen molar-refractivity contribution in [2.75, 3.05) is 0 Å². The van der Waals surface area contributed by atoms with E-state index < -0.39 is 0 Å². The molecule has 0 bridgehead atoms. The number of hydrogen-bond acceptors (Lipinski definition) is 1. The summed E-state index contributed by atoms with van der Waals surface area (Å²) in [6, 6.07) is 6.47. The SMILES string of the molecule is NC1CCC2(CCCC2)c2cccc(Cl)c21. The van der Waals surface area contributed by atoms with Crippen molar-refractivity contribution in [3.05, 3.63) is 34.3 Å². The van der Waals surface area contributed by atoms with Crippen LogP contribution >= 0.6 is 11.6 Å². The molecule has 1 aromatic rings. The van der Waals surface area contributed by atoms with E-state index in [0.717, 1.165) is 11.4 Å². The zero-order valence-corrected chi connectivity index (χ0v) is 10.3. The lowest BCUT2D eigenvalue weighted by molar-refractivity contribution is 0.344. The summed E-state index contributed by atoms with van der Waals surface area (Å²) in [4.78, 5) is 0. The van der Waals surface area contributed by atoms with Gasteiger partial charge in [-0.25, -0.2) is 0 Å². The molecule has 1 atom stereocenters. The summed E-state index contributed by atoms with van der Waals surface area (Å²) in [5.41, 5.74) is 9.31. The molecule has 1 saturated carbocycles. The number of rotatable bonds is 0. The normalized spacial score (nSPS) is 27.0. The van der Waals surface area contributed by atoms with Crippen LogP contribution in [-0.4, -0.2) is 0 Å². The van der Waals surface area contributed by atoms with Gasteiger partial charge < -0.3 is 5.73 Å². The maximum atomic E-state index is 6.32. The van der Waals surface area contributed by atoms with Crippen molar-refractivity contribution in [1.29, 1.82) is 0 Å². The Hall–Kier alpha value is -0.530. The molecule has 2 heteroatoms. The molecule has 0 radical (unpaired) electrons. The first-order valence-corrected chi connectivity index (χ1v) is 6.65. The molecule has 86 valence electrons. The van der Waals surface area contributed by atoms with E-state index in [1.807, 2.05) is 6.07 Å². The fraction of sp³-hybridized carbons (Fsp3) is 0.571. The Labute approximate surface area is 102 Å². The van der Waals surface area contributed by atoms with Gasteiger partial charge in [-0.2, -0.15) is 0 Å². The van der Waals surface area contributed by atoms with E-state index in [1.54, 1.807) is 0 Å². The molecule has 3 rings (SSSR count). The molecule has 2 aliphatic carbocycles. The molecule has 0 aromatic heterocycles. The van der Waals surface area contributed by atoms with Gasteiger partial charge in [0.2, 0.25) is 0 Å². The highest BCUT2D eigenvalue weighted by Crippen LogP contribution is 2.51. The van der Waals surface area contributed by atoms with Crippen LogP contribution in [0.5, 0.6) is 0 Å². The van der Waals surface area contributed by atoms with Crippen molar-refractivity contribution in [1.82, 2.24) is 0 Å². The highest BCUT2D eigenvalue weighted by molar-refractivity contribution is 6.31. The molecule has 1 spiro atoms. The lowest BCUT2D eigenvalue weighted by Crippen LogP contribution is -2.32. The third kappa shape index (κ3) is 1.42. The van der Waals surface area contributed by atoms with Crippen molar-refractivity contribution >= 4 is 11.6 Å². The number of nitrogens with two attached hydrogens (primary N) is 1. The van der Waals surface area contributed by atoms with Crippen LogP contribution in [0.4, 0.5) is 0 Å². The van der Waals surface area contributed by atoms with Gasteiger partial charge in [0.15, 0.2) is 0 Å². The zero-order valence-electron chi connectivity index (χ0n) is 9.51. The topological polar surface area (TPSA) is 26.0 Å². The Morgan fingerprint density at radius 3 is 2.69 bits per heavy atom. The molecular weight excluding hydrogens is 218 g/mol. The van der Waals surface area contributed by atoms with Crippen molar-refractivity contribution in [2.24, 2.45) is 5.73 Å². The molecule has 1 fully saturated rings. The van der Waals surface area contributed by atoms with Gasteiger partial charge in [0.25, 0.3) is 0 Å². The standard InChI is InChI=1S/C14H18ClN/c15-11-5-3-4-10-13(11)12(16)6-9-14(10)7-1-2-8-14/h3-5,12H,1-2,6-9,16H2. The minimum atomic E-state index is 0.148. The average Bonchev–Trinajstić information content (AvgIpc) is 2.74. The summed E-state index contributed by atoms with van der Waals surface area (Å²) in [6.07, 6.45) is 7.72. The molecule has 1 aromatic carbocycles. The van der Waals surface area contributed by atoms with Crippen LogP contribution < -0.4 is 5.73 Å². The lowest BCUT2D eigenvalue weighted by atomic mass is 9.67. The van der Waals surface area contributed by atoms with E-state index >= 15 is 0 Å². The molecule has 0 aliphatic heterocycles. The maximum Gasteiger partial charge on any atom is 0.0456 e. The molecule has 0 saturated heterocycles. The summed E-state index contributed by atoms with van der Waals surface area (Å²) < 4.78 is 0. The predicted octanol–water partition coefficient (Wildman–Crippen LogP) is 3.95. The van der Waals surface area contributed by atoms with Crippen LogP contribution in [0.2, 0.25) is 5.02 Å². The van der Waals surface area contributed by atoms with Crippen molar-refractivity contribution in [3.63, 3.8) is 0 Å². The second kappa shape index (κ2) is 3.75. The lowest BCUT2D eigenvalue weighted by Gasteiger charge is -2.39. The summed E-state index contributed by atoms with van der Waals surface area (Å²) in [7, 11) is 0. The Kier molecular flexibility index (Phi) is 2.49. The van der Waals surface area contributed by atoms with Crippen LogP contribution in [0.15, 0.2) is 18.2 Å². The Balaban J connectivity index is 2.16. The zero-order chi connectivity index (χ0) is 11.2. The van der Waals surface area contributed by atoms with Crippen LogP contribution in [-0.2, 0) is 5.41 Å². The van der Waals surface area contributed by atoms with E-state index in [1.165, 1.54) is 43.2 Å². The van der Waals surface area contributed by atoms with Gasteiger partial charge in [-0.15, -0.1) is 0 Å². The highest BCUT2D eigenvalue weighted by atomic mass is 35.5. The van der Waals surface area contributed by atoms with E-state index in [0.29, 0.717) is 5.41 Å². The molecule has 2 aliphatic rings. The van der Waals surface area contributed by atoms with Crippen LogP contribution in [0.1, 0.15) is 55.7 Å². The molecular formula is C14H18ClN. The number of fused-ring (bicyclic) bond motifs is 2. The van der Waals surface area contributed by atoms with Crippen molar-refractivity contribution in [2.45, 2.75) is 50.0 Å². The maximum absolute atomic E-state index is 6.32. The van der Waals surface area contributed by atoms with Gasteiger partial charge in [0.1, 0.15) is 0 Å². The second-order valence-electron chi connectivity index (χ2n) is 5.33. The van der Waals surface area contributed by atoms with Gasteiger partial charge in [-0.1, -0.05) is 36.6 Å². The first kappa shape index (κ1) is 10.6. The van der Waals surface area contributed by atoms with Crippen molar-refractivity contribution in [3.8, 4) is 0 Å². The Bertz CT molecular complexity index is 407. The summed E-state index contributed by atoms with van der Waals surface area (Å²) >= 11 is 6.32. The predicted molar refractivity (Wildman–Crippen MR) is 67.8 cm³/mol. The number of benzene rings is 1. The van der Waals surface area contributed by atoms with Gasteiger partial charge in [-0.05, 0) is 48.3 Å². The van der Waals surface area contributed by atoms with Crippen LogP contribution in [0.3, 0.4) is 0 Å².